The molecule has 2 heterocycles. The number of carbonyl (C=O) groups is 2. The van der Waals surface area contributed by atoms with Gasteiger partial charge >= 0.3 is 0 Å². The summed E-state index contributed by atoms with van der Waals surface area (Å²) in [6, 6.07) is 12.8. The summed E-state index contributed by atoms with van der Waals surface area (Å²) < 4.78 is 1.77. The summed E-state index contributed by atoms with van der Waals surface area (Å²) >= 11 is 0. The van der Waals surface area contributed by atoms with Crippen molar-refractivity contribution in [1.29, 1.82) is 0 Å². The number of piperidine rings is 1. The quantitative estimate of drug-likeness (QED) is 0.810. The third-order valence-electron chi connectivity index (χ3n) is 4.63. The van der Waals surface area contributed by atoms with Crippen molar-refractivity contribution in [3.8, 4) is 0 Å². The van der Waals surface area contributed by atoms with Gasteiger partial charge in [-0.15, -0.1) is 0 Å². The minimum atomic E-state index is -0.0474. The third-order valence-corrected chi connectivity index (χ3v) is 4.63. The Kier molecular flexibility index (Phi) is 4.84. The summed E-state index contributed by atoms with van der Waals surface area (Å²) in [6.45, 7) is 6.23. The van der Waals surface area contributed by atoms with Gasteiger partial charge in [0.15, 0.2) is 0 Å². The fourth-order valence-electron chi connectivity index (χ4n) is 3.61. The predicted octanol–water partition coefficient (Wildman–Crippen LogP) is 3.22. The molecule has 0 spiro atoms. The Morgan fingerprint density at radius 2 is 1.67 bits per heavy atom. The first-order valence-electron chi connectivity index (χ1n) is 8.57. The number of hydrogen-bond donors (Lipinski definition) is 0. The lowest BCUT2D eigenvalue weighted by Crippen LogP contribution is -2.44. The summed E-state index contributed by atoms with van der Waals surface area (Å²) in [4.78, 5) is 27.2. The molecule has 24 heavy (non-hydrogen) atoms. The number of amides is 1. The molecule has 0 bridgehead atoms. The van der Waals surface area contributed by atoms with Gasteiger partial charge in [-0.1, -0.05) is 44.2 Å². The number of hydrogen-bond acceptors (Lipinski definition) is 2. The fraction of sp³-hybridized carbons (Fsp3) is 0.400. The minimum absolute atomic E-state index is 0.0474. The molecular formula is C20H24N2O2. The Morgan fingerprint density at radius 3 is 2.33 bits per heavy atom. The van der Waals surface area contributed by atoms with Crippen molar-refractivity contribution in [1.82, 2.24) is 9.47 Å². The Labute approximate surface area is 143 Å². The third kappa shape index (κ3) is 3.58. The average molecular weight is 324 g/mol. The van der Waals surface area contributed by atoms with Gasteiger partial charge in [0.05, 0.1) is 5.69 Å². The number of benzene rings is 1. The molecule has 0 aliphatic carbocycles. The number of ketones is 1. The second-order valence-electron chi connectivity index (χ2n) is 6.96. The van der Waals surface area contributed by atoms with Gasteiger partial charge in [0.25, 0.3) is 0 Å². The van der Waals surface area contributed by atoms with E-state index >= 15 is 0 Å². The highest BCUT2D eigenvalue weighted by Crippen LogP contribution is 2.21. The topological polar surface area (TPSA) is 42.3 Å². The highest BCUT2D eigenvalue weighted by Gasteiger charge is 2.26. The maximum Gasteiger partial charge on any atom is 0.242 e. The predicted molar refractivity (Wildman–Crippen MR) is 93.8 cm³/mol. The summed E-state index contributed by atoms with van der Waals surface area (Å²) in [5, 5.41) is 0. The van der Waals surface area contributed by atoms with Crippen molar-refractivity contribution in [3.63, 3.8) is 0 Å². The average Bonchev–Trinajstić information content (AvgIpc) is 3.02. The SMILES string of the molecule is CC1CC(C)CN(C(=O)Cn2cccc2C(=O)c2ccccc2)C1. The van der Waals surface area contributed by atoms with E-state index in [4.69, 9.17) is 0 Å². The Hall–Kier alpha value is -2.36. The first-order chi connectivity index (χ1) is 11.5. The van der Waals surface area contributed by atoms with Crippen molar-refractivity contribution in [2.45, 2.75) is 26.8 Å². The number of rotatable bonds is 4. The van der Waals surface area contributed by atoms with Gasteiger partial charge in [-0.05, 0) is 30.4 Å². The molecule has 4 nitrogen and oxygen atoms in total. The lowest BCUT2D eigenvalue weighted by Gasteiger charge is -2.35. The molecule has 1 fully saturated rings. The lowest BCUT2D eigenvalue weighted by atomic mass is 9.92. The number of likely N-dealkylation sites (tertiary alicyclic amines) is 1. The number of aromatic nitrogens is 1. The van der Waals surface area contributed by atoms with Crippen molar-refractivity contribution < 1.29 is 9.59 Å². The van der Waals surface area contributed by atoms with Crippen LogP contribution in [-0.2, 0) is 11.3 Å². The fourth-order valence-corrected chi connectivity index (χ4v) is 3.61. The Balaban J connectivity index is 1.74. The Bertz CT molecular complexity index is 710. The Morgan fingerprint density at radius 1 is 1.00 bits per heavy atom. The zero-order chi connectivity index (χ0) is 17.1. The monoisotopic (exact) mass is 324 g/mol. The van der Waals surface area contributed by atoms with Gasteiger partial charge in [0.1, 0.15) is 6.54 Å². The first kappa shape index (κ1) is 16.5. The molecule has 1 aliphatic rings. The van der Waals surface area contributed by atoms with Crippen molar-refractivity contribution in [2.75, 3.05) is 13.1 Å². The lowest BCUT2D eigenvalue weighted by molar-refractivity contribution is -0.134. The van der Waals surface area contributed by atoms with Crippen LogP contribution in [-0.4, -0.2) is 34.2 Å². The van der Waals surface area contributed by atoms with Crippen LogP contribution in [0.3, 0.4) is 0 Å². The molecular weight excluding hydrogens is 300 g/mol. The van der Waals surface area contributed by atoms with Gasteiger partial charge in [-0.25, -0.2) is 0 Å². The van der Waals surface area contributed by atoms with E-state index in [1.807, 2.05) is 35.4 Å². The van der Waals surface area contributed by atoms with Crippen LogP contribution in [0.25, 0.3) is 0 Å². The molecule has 2 atom stereocenters. The molecule has 1 aliphatic heterocycles. The van der Waals surface area contributed by atoms with Gasteiger partial charge < -0.3 is 9.47 Å². The van der Waals surface area contributed by atoms with Crippen molar-refractivity contribution >= 4 is 11.7 Å². The molecule has 1 aromatic heterocycles. The van der Waals surface area contributed by atoms with Gasteiger partial charge in [-0.2, -0.15) is 0 Å². The molecule has 4 heteroatoms. The largest absolute Gasteiger partial charge is 0.341 e. The highest BCUT2D eigenvalue weighted by atomic mass is 16.2. The molecule has 0 saturated carbocycles. The summed E-state index contributed by atoms with van der Waals surface area (Å²) in [5.41, 5.74) is 1.21. The van der Waals surface area contributed by atoms with Crippen molar-refractivity contribution in [3.05, 3.63) is 59.9 Å². The summed E-state index contributed by atoms with van der Waals surface area (Å²) in [5.74, 6) is 1.11. The molecule has 2 aromatic rings. The van der Waals surface area contributed by atoms with E-state index in [1.165, 1.54) is 6.42 Å². The van der Waals surface area contributed by atoms with E-state index in [9.17, 15) is 9.59 Å². The van der Waals surface area contributed by atoms with E-state index in [0.29, 0.717) is 23.1 Å². The van der Waals surface area contributed by atoms with Crippen LogP contribution in [0.4, 0.5) is 0 Å². The van der Waals surface area contributed by atoms with Gasteiger partial charge in [0, 0.05) is 24.8 Å². The number of carbonyl (C=O) groups excluding carboxylic acids is 2. The summed E-state index contributed by atoms with van der Waals surface area (Å²) in [6.07, 6.45) is 2.98. The molecule has 0 N–H and O–H groups in total. The molecule has 1 saturated heterocycles. The maximum absolute atomic E-state index is 12.7. The van der Waals surface area contributed by atoms with Crippen LogP contribution < -0.4 is 0 Å². The minimum Gasteiger partial charge on any atom is -0.341 e. The van der Waals surface area contributed by atoms with Crippen LogP contribution in [0.15, 0.2) is 48.7 Å². The van der Waals surface area contributed by atoms with Gasteiger partial charge in [0.2, 0.25) is 11.7 Å². The first-order valence-corrected chi connectivity index (χ1v) is 8.57. The van der Waals surface area contributed by atoms with E-state index in [-0.39, 0.29) is 18.2 Å². The molecule has 1 amide bonds. The maximum atomic E-state index is 12.7. The molecule has 3 rings (SSSR count). The van der Waals surface area contributed by atoms with Crippen LogP contribution in [0.5, 0.6) is 0 Å². The van der Waals surface area contributed by atoms with Crippen LogP contribution in [0, 0.1) is 11.8 Å². The van der Waals surface area contributed by atoms with E-state index in [0.717, 1.165) is 13.1 Å². The van der Waals surface area contributed by atoms with E-state index in [2.05, 4.69) is 13.8 Å². The van der Waals surface area contributed by atoms with Crippen LogP contribution in [0.2, 0.25) is 0 Å². The molecule has 2 unspecified atom stereocenters. The van der Waals surface area contributed by atoms with Crippen molar-refractivity contribution in [2.24, 2.45) is 11.8 Å². The summed E-state index contributed by atoms with van der Waals surface area (Å²) in [7, 11) is 0. The standard InChI is InChI=1S/C20H24N2O2/c1-15-11-16(2)13-22(12-15)19(23)14-21-10-6-9-18(21)20(24)17-7-4-3-5-8-17/h3-10,15-16H,11-14H2,1-2H3. The highest BCUT2D eigenvalue weighted by molar-refractivity contribution is 6.08. The normalized spacial score (nSPS) is 20.8. The molecule has 1 aromatic carbocycles. The zero-order valence-corrected chi connectivity index (χ0v) is 14.3. The second-order valence-corrected chi connectivity index (χ2v) is 6.96. The second kappa shape index (κ2) is 7.04. The van der Waals surface area contributed by atoms with E-state index in [1.54, 1.807) is 22.8 Å². The molecule has 0 radical (unpaired) electrons. The van der Waals surface area contributed by atoms with Crippen LogP contribution in [0.1, 0.15) is 36.3 Å². The zero-order valence-electron chi connectivity index (χ0n) is 14.3. The smallest absolute Gasteiger partial charge is 0.242 e. The van der Waals surface area contributed by atoms with Gasteiger partial charge in [-0.3, -0.25) is 9.59 Å². The van der Waals surface area contributed by atoms with E-state index < -0.39 is 0 Å². The van der Waals surface area contributed by atoms with Crippen LogP contribution >= 0.6 is 0 Å². The molecule has 126 valence electrons. The number of nitrogens with zero attached hydrogens (tertiary/aromatic N) is 2.